The van der Waals surface area contributed by atoms with Gasteiger partial charge in [0.25, 0.3) is 0 Å². The summed E-state index contributed by atoms with van der Waals surface area (Å²) >= 11 is 0. The Morgan fingerprint density at radius 1 is 0.310 bits per heavy atom. The second-order valence-corrected chi connectivity index (χ2v) is 18.0. The summed E-state index contributed by atoms with van der Waals surface area (Å²) < 4.78 is 92.3. The molecule has 18 N–H and O–H groups in total. The van der Waals surface area contributed by atoms with E-state index in [-0.39, 0.29) is 0 Å². The van der Waals surface area contributed by atoms with E-state index in [2.05, 4.69) is 9.05 Å². The highest BCUT2D eigenvalue weighted by Crippen LogP contribution is 2.35. The van der Waals surface area contributed by atoms with E-state index in [0.717, 1.165) is 0 Å². The highest BCUT2D eigenvalue weighted by Gasteiger charge is 2.56. The van der Waals surface area contributed by atoms with Gasteiger partial charge in [-0.25, -0.2) is 9.13 Å². The summed E-state index contributed by atoms with van der Waals surface area (Å²) in [6.07, 6.45) is -57.5. The summed E-state index contributed by atoms with van der Waals surface area (Å²) in [6.45, 7) is -4.84. The summed E-state index contributed by atoms with van der Waals surface area (Å²) in [7, 11) is -1.68. The third kappa shape index (κ3) is 13.2. The fourth-order valence-electron chi connectivity index (χ4n) is 8.44. The lowest BCUT2D eigenvalue weighted by molar-refractivity contribution is -0.389. The standard InChI is InChI=1S/C36H60O33P2/c37-1-7-13(39)22(48)29(68-33-25(51)20(46)16(42)11(65-33)5-59-70-55)35(62-7)58-3-9-15(41)19(45)24(50)32(64-9)57-4-10-18(44)28(27(53)31(54)61-10)67-36-30(23(49)14(40)8(2-38)63-36)69-34-26(52)21(47)17(43)12(66-34)6-60-71-56/h7-54H,1-6H2/t7?,8?,9?,10?,11?,12?,13-,14-,15-,16-,17-,18-,19?,20?,21?,22?,23?,24-,25-,26-,27-,28?,29-,30-,31-,32+,33-,34-,35+,36-/m1/s1. The first kappa shape index (κ1) is 59.2. The summed E-state index contributed by atoms with van der Waals surface area (Å²) in [4.78, 5) is 0. The molecule has 0 aromatic heterocycles. The molecule has 6 aliphatic heterocycles. The van der Waals surface area contributed by atoms with Crippen molar-refractivity contribution in [2.75, 3.05) is 39.6 Å². The first-order valence-corrected chi connectivity index (χ1v) is 23.3. The van der Waals surface area contributed by atoms with Gasteiger partial charge < -0.3 is 144 Å². The van der Waals surface area contributed by atoms with Gasteiger partial charge in [0.15, 0.2) is 37.7 Å². The maximum absolute atomic E-state index is 11.4. The summed E-state index contributed by atoms with van der Waals surface area (Å²) in [5.74, 6) is 0. The molecule has 0 spiro atoms. The van der Waals surface area contributed by atoms with Crippen molar-refractivity contribution in [3.05, 3.63) is 0 Å². The van der Waals surface area contributed by atoms with Crippen LogP contribution in [0.2, 0.25) is 0 Å². The van der Waals surface area contributed by atoms with E-state index in [1.54, 1.807) is 0 Å². The van der Waals surface area contributed by atoms with Gasteiger partial charge in [-0.1, -0.05) is 0 Å². The largest absolute Gasteiger partial charge is 0.394 e. The second-order valence-electron chi connectivity index (χ2n) is 17.2. The van der Waals surface area contributed by atoms with Crippen molar-refractivity contribution in [1.29, 1.82) is 0 Å². The predicted octanol–water partition coefficient (Wildman–Crippen LogP) is -11.6. The Balaban J connectivity index is 1.12. The zero-order chi connectivity index (χ0) is 52.2. The van der Waals surface area contributed by atoms with Gasteiger partial charge >= 0.3 is 17.4 Å². The first-order valence-electron chi connectivity index (χ1n) is 21.8. The van der Waals surface area contributed by atoms with Gasteiger partial charge in [-0.3, -0.25) is 9.05 Å². The van der Waals surface area contributed by atoms with Crippen LogP contribution in [-0.2, 0) is 70.3 Å². The quantitative estimate of drug-likeness (QED) is 0.0503. The Labute approximate surface area is 403 Å². The Morgan fingerprint density at radius 2 is 0.648 bits per heavy atom. The van der Waals surface area contributed by atoms with E-state index in [1.165, 1.54) is 0 Å². The molecule has 6 fully saturated rings. The summed E-state index contributed by atoms with van der Waals surface area (Å²) in [5, 5.41) is 191. The number of aliphatic hydroxyl groups excluding tert-OH is 18. The maximum atomic E-state index is 11.4. The van der Waals surface area contributed by atoms with Crippen LogP contribution in [0.1, 0.15) is 0 Å². The first-order chi connectivity index (χ1) is 33.7. The summed E-state index contributed by atoms with van der Waals surface area (Å²) in [6, 6.07) is 0. The van der Waals surface area contributed by atoms with Gasteiger partial charge in [-0.2, -0.15) is 0 Å². The molecule has 0 aliphatic carbocycles. The van der Waals surface area contributed by atoms with Crippen LogP contribution >= 0.6 is 17.4 Å². The van der Waals surface area contributed by atoms with Crippen molar-refractivity contribution in [3.8, 4) is 0 Å². The molecule has 6 rings (SSSR count). The Kier molecular flexibility index (Phi) is 22.0. The topological polar surface area (TPSA) is 518 Å². The molecule has 0 amide bonds. The van der Waals surface area contributed by atoms with Crippen LogP contribution in [0.5, 0.6) is 0 Å². The van der Waals surface area contributed by atoms with E-state index in [0.29, 0.717) is 0 Å². The Bertz CT molecular complexity index is 1650. The average molecular weight is 1080 g/mol. The molecule has 412 valence electrons. The van der Waals surface area contributed by atoms with E-state index in [4.69, 9.17) is 52.1 Å². The minimum Gasteiger partial charge on any atom is -0.394 e. The lowest BCUT2D eigenvalue weighted by Crippen LogP contribution is -2.67. The maximum Gasteiger partial charge on any atom is 0.327 e. The number of rotatable bonds is 20. The van der Waals surface area contributed by atoms with E-state index < -0.39 is 241 Å². The monoisotopic (exact) mass is 1080 g/mol. The second kappa shape index (κ2) is 26.3. The normalized spacial score (nSPS) is 51.1. The molecule has 0 aromatic carbocycles. The Morgan fingerprint density at radius 3 is 1.10 bits per heavy atom. The van der Waals surface area contributed by atoms with Gasteiger partial charge in [0.1, 0.15) is 146 Å². The number of hydrogen-bond acceptors (Lipinski definition) is 33. The molecule has 6 saturated heterocycles. The predicted molar refractivity (Wildman–Crippen MR) is 212 cm³/mol. The molecule has 30 atom stereocenters. The van der Waals surface area contributed by atoms with Crippen molar-refractivity contribution >= 4 is 17.4 Å². The Hall–Kier alpha value is -1.04. The molecule has 6 aliphatic rings. The highest BCUT2D eigenvalue weighted by atomic mass is 31.1. The van der Waals surface area contributed by atoms with Gasteiger partial charge in [0.2, 0.25) is 0 Å². The van der Waals surface area contributed by atoms with E-state index in [9.17, 15) is 101 Å². The lowest BCUT2D eigenvalue weighted by Gasteiger charge is -2.48. The third-order valence-corrected chi connectivity index (χ3v) is 13.1. The number of hydrogen-bond donors (Lipinski definition) is 18. The zero-order valence-electron chi connectivity index (χ0n) is 36.6. The fraction of sp³-hybridized carbons (Fsp3) is 1.00. The van der Waals surface area contributed by atoms with Crippen LogP contribution in [0, 0.1) is 0 Å². The van der Waals surface area contributed by atoms with Crippen molar-refractivity contribution in [2.24, 2.45) is 0 Å². The van der Waals surface area contributed by atoms with Gasteiger partial charge in [-0.15, -0.1) is 0 Å². The SMILES string of the molecule is O=POCC1O[C@H](O[C@@H]2C(O)[C@H](O)C(CO)O[C@@H]2OC2[C@H](O)C(CO[C@H]3OC(CO[C@H]4OC(CO)[C@@H](O)C(O)[C@H]4O[C@H]4OC(COP=O)[C@@H](O)C(O)[C@H]4O)[C@@H](O)C(O)[C@H]3O)O[C@@H](O)[C@@H]2O)[C@H](O)C(O)[C@@H]1O. The highest BCUT2D eigenvalue weighted by molar-refractivity contribution is 7.17. The average Bonchev–Trinajstić information content (AvgIpc) is 3.35. The molecular formula is C36H60O33P2. The van der Waals surface area contributed by atoms with E-state index in [1.807, 2.05) is 0 Å². The van der Waals surface area contributed by atoms with Crippen LogP contribution in [0.25, 0.3) is 0 Å². The molecular weight excluding hydrogens is 1020 g/mol. The smallest absolute Gasteiger partial charge is 0.327 e. The fourth-order valence-corrected chi connectivity index (χ4v) is 8.85. The molecule has 33 nitrogen and oxygen atoms in total. The minimum absolute atomic E-state index is 0.590. The molecule has 0 saturated carbocycles. The third-order valence-electron chi connectivity index (χ3n) is 12.6. The van der Waals surface area contributed by atoms with Gasteiger partial charge in [0.05, 0.1) is 39.6 Å². The van der Waals surface area contributed by atoms with Crippen LogP contribution in [0.4, 0.5) is 0 Å². The van der Waals surface area contributed by atoms with Gasteiger partial charge in [-0.05, 0) is 0 Å². The molecule has 71 heavy (non-hydrogen) atoms. The summed E-state index contributed by atoms with van der Waals surface area (Å²) in [5.41, 5.74) is 0. The molecule has 6 heterocycles. The van der Waals surface area contributed by atoms with Crippen molar-refractivity contribution in [1.82, 2.24) is 0 Å². The molecule has 0 bridgehead atoms. The number of aliphatic hydroxyl groups is 18. The molecule has 12 unspecified atom stereocenters. The van der Waals surface area contributed by atoms with Crippen molar-refractivity contribution < 1.29 is 162 Å². The van der Waals surface area contributed by atoms with Crippen LogP contribution < -0.4 is 0 Å². The number of ether oxygens (including phenoxy) is 11. The van der Waals surface area contributed by atoms with Crippen LogP contribution in [0.15, 0.2) is 0 Å². The molecule has 0 radical (unpaired) electrons. The van der Waals surface area contributed by atoms with Crippen molar-refractivity contribution in [2.45, 2.75) is 184 Å². The van der Waals surface area contributed by atoms with Gasteiger partial charge in [0, 0.05) is 0 Å². The minimum atomic E-state index is -2.22. The van der Waals surface area contributed by atoms with E-state index >= 15 is 0 Å². The van der Waals surface area contributed by atoms with Crippen LogP contribution in [0.3, 0.4) is 0 Å². The molecule has 35 heteroatoms. The zero-order valence-corrected chi connectivity index (χ0v) is 38.4. The van der Waals surface area contributed by atoms with Crippen molar-refractivity contribution in [3.63, 3.8) is 0 Å². The molecule has 0 aromatic rings. The van der Waals surface area contributed by atoms with Crippen LogP contribution in [-0.4, -0.2) is 316 Å². The lowest BCUT2D eigenvalue weighted by atomic mass is 9.96.